The molecule has 0 saturated heterocycles. The highest BCUT2D eigenvalue weighted by atomic mass is 15.0. The molecule has 2 heterocycles. The average molecular weight is 693 g/mol. The summed E-state index contributed by atoms with van der Waals surface area (Å²) < 4.78 is 2.44. The van der Waals surface area contributed by atoms with Crippen LogP contribution in [0.25, 0.3) is 84.3 Å². The van der Waals surface area contributed by atoms with Gasteiger partial charge in [0.2, 0.25) is 0 Å². The van der Waals surface area contributed by atoms with Gasteiger partial charge in [-0.3, -0.25) is 0 Å². The zero-order valence-corrected chi connectivity index (χ0v) is 30.1. The molecule has 0 aliphatic heterocycles. The Morgan fingerprint density at radius 3 is 1.59 bits per heavy atom. The highest BCUT2D eigenvalue weighted by Gasteiger charge is 2.36. The van der Waals surface area contributed by atoms with E-state index in [1.807, 2.05) is 24.3 Å². The molecular weight excluding hydrogens is 657 g/mol. The standard InChI is InChI=1S/C50H36N4/c1-50(2)42-25-12-9-22-39(42)45-41-24-11-14-27-44(41)54(46(45)40-23-10-13-26-43(40)50)38-21-15-20-37(32-38)49-52-47(35-18-7-4-8-19-35)51-48(53-49)36-30-28-34(29-31-36)33-16-5-3-6-17-33/h3-32H,1-2H3. The molecule has 54 heavy (non-hydrogen) atoms. The number of aromatic nitrogens is 4. The molecule has 0 saturated carbocycles. The second-order valence-electron chi connectivity index (χ2n) is 14.5. The summed E-state index contributed by atoms with van der Waals surface area (Å²) in [6.45, 7) is 4.70. The highest BCUT2D eigenvalue weighted by molar-refractivity contribution is 6.08. The number of benzene rings is 7. The Balaban J connectivity index is 1.18. The van der Waals surface area contributed by atoms with Gasteiger partial charge in [0.05, 0.1) is 11.2 Å². The van der Waals surface area contributed by atoms with Crippen LogP contribution in [0.1, 0.15) is 25.0 Å². The number of rotatable bonds is 5. The van der Waals surface area contributed by atoms with Crippen molar-refractivity contribution >= 4 is 10.9 Å². The molecule has 0 unspecified atom stereocenters. The van der Waals surface area contributed by atoms with Crippen molar-refractivity contribution in [1.29, 1.82) is 0 Å². The van der Waals surface area contributed by atoms with Crippen molar-refractivity contribution in [3.8, 4) is 73.4 Å². The third-order valence-corrected chi connectivity index (χ3v) is 10.9. The van der Waals surface area contributed by atoms with Crippen molar-refractivity contribution in [2.75, 3.05) is 0 Å². The van der Waals surface area contributed by atoms with Crippen molar-refractivity contribution in [2.24, 2.45) is 0 Å². The van der Waals surface area contributed by atoms with Crippen LogP contribution in [0.3, 0.4) is 0 Å². The van der Waals surface area contributed by atoms with Crippen LogP contribution >= 0.6 is 0 Å². The number of fused-ring (bicyclic) bond motifs is 7. The Labute approximate surface area is 315 Å². The third-order valence-electron chi connectivity index (χ3n) is 10.9. The molecule has 0 spiro atoms. The van der Waals surface area contributed by atoms with Crippen LogP contribution in [0.15, 0.2) is 182 Å². The second kappa shape index (κ2) is 12.6. The molecule has 0 N–H and O–H groups in total. The molecular formula is C50H36N4. The lowest BCUT2D eigenvalue weighted by molar-refractivity contribution is 0.646. The van der Waals surface area contributed by atoms with E-state index in [0.29, 0.717) is 17.5 Å². The van der Waals surface area contributed by atoms with Crippen LogP contribution in [0.2, 0.25) is 0 Å². The summed E-state index contributed by atoms with van der Waals surface area (Å²) in [6.07, 6.45) is 0. The summed E-state index contributed by atoms with van der Waals surface area (Å²) in [6, 6.07) is 64.3. The second-order valence-corrected chi connectivity index (χ2v) is 14.5. The molecule has 7 aromatic carbocycles. The smallest absolute Gasteiger partial charge is 0.164 e. The van der Waals surface area contributed by atoms with Gasteiger partial charge in [-0.2, -0.15) is 0 Å². The number of nitrogens with zero attached hydrogens (tertiary/aromatic N) is 4. The van der Waals surface area contributed by atoms with Gasteiger partial charge in [-0.15, -0.1) is 0 Å². The molecule has 4 nitrogen and oxygen atoms in total. The summed E-state index contributed by atoms with van der Waals surface area (Å²) in [5.41, 5.74) is 14.7. The van der Waals surface area contributed by atoms with E-state index in [2.05, 4.69) is 176 Å². The highest BCUT2D eigenvalue weighted by Crippen LogP contribution is 2.52. The maximum atomic E-state index is 5.14. The number of para-hydroxylation sites is 1. The van der Waals surface area contributed by atoms with Gasteiger partial charge in [0.25, 0.3) is 0 Å². The van der Waals surface area contributed by atoms with Gasteiger partial charge in [-0.25, -0.2) is 15.0 Å². The third kappa shape index (κ3) is 5.18. The molecule has 256 valence electrons. The first-order chi connectivity index (χ1) is 26.5. The minimum atomic E-state index is -0.200. The van der Waals surface area contributed by atoms with Crippen LogP contribution in [-0.2, 0) is 5.41 Å². The van der Waals surface area contributed by atoms with E-state index in [-0.39, 0.29) is 5.41 Å². The van der Waals surface area contributed by atoms with Crippen molar-refractivity contribution in [1.82, 2.24) is 19.5 Å². The van der Waals surface area contributed by atoms with Crippen molar-refractivity contribution in [2.45, 2.75) is 19.3 Å². The van der Waals surface area contributed by atoms with Gasteiger partial charge >= 0.3 is 0 Å². The van der Waals surface area contributed by atoms with Gasteiger partial charge < -0.3 is 4.57 Å². The van der Waals surface area contributed by atoms with E-state index in [1.54, 1.807) is 0 Å². The molecule has 0 radical (unpaired) electrons. The van der Waals surface area contributed by atoms with Gasteiger partial charge in [-0.1, -0.05) is 178 Å². The maximum Gasteiger partial charge on any atom is 0.164 e. The van der Waals surface area contributed by atoms with Gasteiger partial charge in [0.15, 0.2) is 17.5 Å². The van der Waals surface area contributed by atoms with E-state index in [1.165, 1.54) is 44.5 Å². The molecule has 0 atom stereocenters. The fraction of sp³-hybridized carbons (Fsp3) is 0.0600. The first-order valence-corrected chi connectivity index (χ1v) is 18.5. The van der Waals surface area contributed by atoms with Crippen LogP contribution in [-0.4, -0.2) is 19.5 Å². The summed E-state index contributed by atoms with van der Waals surface area (Å²) in [7, 11) is 0. The van der Waals surface area contributed by atoms with Crippen LogP contribution in [0.4, 0.5) is 0 Å². The summed E-state index contributed by atoms with van der Waals surface area (Å²) in [5.74, 6) is 1.90. The molecule has 0 amide bonds. The molecule has 0 bridgehead atoms. The topological polar surface area (TPSA) is 43.6 Å². The lowest BCUT2D eigenvalue weighted by Gasteiger charge is -2.28. The monoisotopic (exact) mass is 692 g/mol. The SMILES string of the molecule is CC1(C)c2ccccc2-c2c(n(-c3cccc(-c4nc(-c5ccccc5)nc(-c5ccc(-c6ccccc6)cc5)n4)c3)c3ccccc23)-c2ccccc21. The lowest BCUT2D eigenvalue weighted by Crippen LogP contribution is -2.20. The Bertz CT molecular complexity index is 2830. The van der Waals surface area contributed by atoms with Crippen molar-refractivity contribution in [3.05, 3.63) is 193 Å². The van der Waals surface area contributed by atoms with Crippen molar-refractivity contribution in [3.63, 3.8) is 0 Å². The van der Waals surface area contributed by atoms with Gasteiger partial charge in [0, 0.05) is 44.3 Å². The molecule has 4 heteroatoms. The minimum absolute atomic E-state index is 0.200. The predicted molar refractivity (Wildman–Crippen MR) is 221 cm³/mol. The quantitative estimate of drug-likeness (QED) is 0.180. The maximum absolute atomic E-state index is 5.14. The summed E-state index contributed by atoms with van der Waals surface area (Å²) in [4.78, 5) is 15.3. The first kappa shape index (κ1) is 31.8. The molecule has 9 aromatic rings. The fourth-order valence-electron chi connectivity index (χ4n) is 8.24. The molecule has 10 rings (SSSR count). The van der Waals surface area contributed by atoms with E-state index in [0.717, 1.165) is 33.5 Å². The average Bonchev–Trinajstić information content (AvgIpc) is 3.55. The number of hydrogen-bond donors (Lipinski definition) is 0. The largest absolute Gasteiger partial charge is 0.309 e. The normalized spacial score (nSPS) is 12.8. The Hall–Kier alpha value is -6.91. The van der Waals surface area contributed by atoms with E-state index < -0.39 is 0 Å². The minimum Gasteiger partial charge on any atom is -0.309 e. The zero-order chi connectivity index (χ0) is 36.2. The molecule has 1 aliphatic rings. The number of hydrogen-bond acceptors (Lipinski definition) is 3. The summed E-state index contributed by atoms with van der Waals surface area (Å²) >= 11 is 0. The molecule has 0 fully saturated rings. The van der Waals surface area contributed by atoms with Crippen LogP contribution in [0, 0.1) is 0 Å². The van der Waals surface area contributed by atoms with E-state index in [4.69, 9.17) is 15.0 Å². The van der Waals surface area contributed by atoms with Crippen molar-refractivity contribution < 1.29 is 0 Å². The van der Waals surface area contributed by atoms with E-state index >= 15 is 0 Å². The Morgan fingerprint density at radius 2 is 0.889 bits per heavy atom. The molecule has 1 aliphatic carbocycles. The summed E-state index contributed by atoms with van der Waals surface area (Å²) in [5, 5.41) is 1.23. The fourth-order valence-corrected chi connectivity index (χ4v) is 8.24. The molecule has 2 aromatic heterocycles. The Kier molecular flexibility index (Phi) is 7.44. The van der Waals surface area contributed by atoms with E-state index in [9.17, 15) is 0 Å². The van der Waals surface area contributed by atoms with Crippen LogP contribution < -0.4 is 0 Å². The van der Waals surface area contributed by atoms with Gasteiger partial charge in [-0.05, 0) is 46.0 Å². The lowest BCUT2D eigenvalue weighted by atomic mass is 9.75. The van der Waals surface area contributed by atoms with Gasteiger partial charge in [0.1, 0.15) is 0 Å². The first-order valence-electron chi connectivity index (χ1n) is 18.5. The Morgan fingerprint density at radius 1 is 0.407 bits per heavy atom. The van der Waals surface area contributed by atoms with Crippen LogP contribution in [0.5, 0.6) is 0 Å². The predicted octanol–water partition coefficient (Wildman–Crippen LogP) is 12.5. The zero-order valence-electron chi connectivity index (χ0n) is 30.1.